The van der Waals surface area contributed by atoms with E-state index in [0.717, 1.165) is 22.8 Å². The first-order valence-electron chi connectivity index (χ1n) is 11.3. The van der Waals surface area contributed by atoms with Crippen molar-refractivity contribution in [3.05, 3.63) is 60.8 Å². The van der Waals surface area contributed by atoms with Gasteiger partial charge in [-0.25, -0.2) is 14.8 Å². The number of carbonyl (C=O) groups excluding carboxylic acids is 1. The first-order valence-corrected chi connectivity index (χ1v) is 11.3. The van der Waals surface area contributed by atoms with Crippen molar-refractivity contribution in [1.29, 1.82) is 0 Å². The van der Waals surface area contributed by atoms with E-state index < -0.39 is 0 Å². The van der Waals surface area contributed by atoms with Gasteiger partial charge in [0.25, 0.3) is 0 Å². The number of benzene rings is 2. The van der Waals surface area contributed by atoms with Crippen LogP contribution in [0.2, 0.25) is 0 Å². The van der Waals surface area contributed by atoms with E-state index in [4.69, 9.17) is 18.9 Å². The summed E-state index contributed by atoms with van der Waals surface area (Å²) in [5.74, 6) is 2.00. The number of nitrogens with zero attached hydrogens (tertiary/aromatic N) is 2. The van der Waals surface area contributed by atoms with Gasteiger partial charge in [0.1, 0.15) is 23.7 Å². The van der Waals surface area contributed by atoms with Gasteiger partial charge >= 0.3 is 6.03 Å². The van der Waals surface area contributed by atoms with Crippen LogP contribution in [0.1, 0.15) is 0 Å². The van der Waals surface area contributed by atoms with Gasteiger partial charge in [-0.1, -0.05) is 0 Å². The monoisotopic (exact) mass is 477 g/mol. The van der Waals surface area contributed by atoms with E-state index in [0.29, 0.717) is 24.8 Å². The van der Waals surface area contributed by atoms with Crippen LogP contribution >= 0.6 is 0 Å². The summed E-state index contributed by atoms with van der Waals surface area (Å²) in [5.41, 5.74) is 2.42. The lowest BCUT2D eigenvalue weighted by atomic mass is 10.1. The number of ether oxygens (including phenoxy) is 4. The van der Waals surface area contributed by atoms with Crippen molar-refractivity contribution >= 4 is 17.7 Å². The lowest BCUT2D eigenvalue weighted by Gasteiger charge is -2.19. The predicted octanol–water partition coefficient (Wildman–Crippen LogP) is 2.93. The maximum absolute atomic E-state index is 12.5. The largest absolute Gasteiger partial charge is 0.497 e. The molecule has 3 heterocycles. The van der Waals surface area contributed by atoms with Crippen LogP contribution in [0.3, 0.4) is 0 Å². The van der Waals surface area contributed by atoms with Crippen LogP contribution in [0, 0.1) is 0 Å². The molecular formula is C25H27N5O5. The van der Waals surface area contributed by atoms with Crippen LogP contribution in [0.15, 0.2) is 60.8 Å². The molecule has 0 radical (unpaired) electrons. The molecule has 2 aromatic carbocycles. The standard InChI is InChI=1S/C25H27N5O5/c1-32-17-7-3-15(4-8-17)19-11-12-26-24(28-19)29-20-13-34-23-21(14-35-22(20)23)30-25(31)27-16-5-9-18(33-2)10-6-16/h3-12,20-23H,13-14H2,1-2H3,(H,26,28,29)(H2,27,30,31). The molecule has 3 N–H and O–H groups in total. The number of hydrogen-bond acceptors (Lipinski definition) is 8. The normalized spacial score (nSPS) is 22.8. The number of urea groups is 1. The zero-order chi connectivity index (χ0) is 24.2. The summed E-state index contributed by atoms with van der Waals surface area (Å²) < 4.78 is 22.3. The molecule has 2 fully saturated rings. The van der Waals surface area contributed by atoms with Crippen molar-refractivity contribution in [2.75, 3.05) is 38.1 Å². The van der Waals surface area contributed by atoms with Gasteiger partial charge < -0.3 is 34.9 Å². The van der Waals surface area contributed by atoms with Crippen LogP contribution in [0.4, 0.5) is 16.4 Å². The quantitative estimate of drug-likeness (QED) is 0.476. The fraction of sp³-hybridized carbons (Fsp3) is 0.320. The van der Waals surface area contributed by atoms with Crippen molar-refractivity contribution in [2.24, 2.45) is 0 Å². The predicted molar refractivity (Wildman–Crippen MR) is 130 cm³/mol. The number of nitrogens with one attached hydrogen (secondary N) is 3. The molecule has 3 aromatic rings. The molecule has 10 heteroatoms. The number of methoxy groups -OCH3 is 2. The van der Waals surface area contributed by atoms with E-state index in [2.05, 4.69) is 25.9 Å². The Morgan fingerprint density at radius 2 is 1.51 bits per heavy atom. The van der Waals surface area contributed by atoms with E-state index in [-0.39, 0.29) is 30.3 Å². The van der Waals surface area contributed by atoms with Gasteiger partial charge in [0.15, 0.2) is 0 Å². The van der Waals surface area contributed by atoms with Crippen molar-refractivity contribution in [2.45, 2.75) is 24.3 Å². The number of carbonyl (C=O) groups is 1. The molecule has 182 valence electrons. The Labute approximate surface area is 203 Å². The summed E-state index contributed by atoms with van der Waals surface area (Å²) in [7, 11) is 3.23. The molecule has 2 saturated heterocycles. The molecule has 0 saturated carbocycles. The fourth-order valence-electron chi connectivity index (χ4n) is 4.27. The molecule has 0 spiro atoms. The van der Waals surface area contributed by atoms with Gasteiger partial charge in [-0.2, -0.15) is 0 Å². The Morgan fingerprint density at radius 3 is 2.20 bits per heavy atom. The van der Waals surface area contributed by atoms with Crippen LogP contribution < -0.4 is 25.4 Å². The highest BCUT2D eigenvalue weighted by Gasteiger charge is 2.48. The van der Waals surface area contributed by atoms with Gasteiger partial charge in [0.05, 0.1) is 45.2 Å². The molecule has 4 unspecified atom stereocenters. The fourth-order valence-corrected chi connectivity index (χ4v) is 4.27. The van der Waals surface area contributed by atoms with Gasteiger partial charge in [-0.05, 0) is 54.6 Å². The zero-order valence-electron chi connectivity index (χ0n) is 19.4. The van der Waals surface area contributed by atoms with Crippen LogP contribution in [-0.4, -0.2) is 67.7 Å². The number of anilines is 2. The smallest absolute Gasteiger partial charge is 0.319 e. The lowest BCUT2D eigenvalue weighted by Crippen LogP contribution is -2.46. The highest BCUT2D eigenvalue weighted by molar-refractivity contribution is 5.89. The highest BCUT2D eigenvalue weighted by atomic mass is 16.6. The van der Waals surface area contributed by atoms with E-state index in [9.17, 15) is 4.79 Å². The molecule has 1 aromatic heterocycles. The summed E-state index contributed by atoms with van der Waals surface area (Å²) in [6.45, 7) is 0.778. The minimum Gasteiger partial charge on any atom is -0.497 e. The molecular weight excluding hydrogens is 450 g/mol. The second kappa shape index (κ2) is 10.2. The summed E-state index contributed by atoms with van der Waals surface area (Å²) in [5, 5.41) is 9.10. The third-order valence-corrected chi connectivity index (χ3v) is 6.07. The summed E-state index contributed by atoms with van der Waals surface area (Å²) in [6.07, 6.45) is 1.22. The number of hydrogen-bond donors (Lipinski definition) is 3. The topological polar surface area (TPSA) is 116 Å². The van der Waals surface area contributed by atoms with Crippen LogP contribution in [0.5, 0.6) is 11.5 Å². The van der Waals surface area contributed by atoms with E-state index >= 15 is 0 Å². The molecule has 0 bridgehead atoms. The van der Waals surface area contributed by atoms with E-state index in [1.165, 1.54) is 0 Å². The molecule has 4 atom stereocenters. The van der Waals surface area contributed by atoms with Crippen molar-refractivity contribution in [3.63, 3.8) is 0 Å². The minimum atomic E-state index is -0.319. The molecule has 35 heavy (non-hydrogen) atoms. The van der Waals surface area contributed by atoms with Gasteiger partial charge in [0.2, 0.25) is 5.95 Å². The summed E-state index contributed by atoms with van der Waals surface area (Å²) in [4.78, 5) is 21.5. The number of aromatic nitrogens is 2. The van der Waals surface area contributed by atoms with Gasteiger partial charge in [-0.3, -0.25) is 0 Å². The summed E-state index contributed by atoms with van der Waals surface area (Å²) in [6, 6.07) is 15.9. The lowest BCUT2D eigenvalue weighted by molar-refractivity contribution is 0.0683. The number of amides is 2. The van der Waals surface area contributed by atoms with E-state index in [1.807, 2.05) is 30.3 Å². The molecule has 2 aliphatic heterocycles. The Kier molecular flexibility index (Phi) is 6.64. The van der Waals surface area contributed by atoms with Crippen LogP contribution in [0.25, 0.3) is 11.3 Å². The van der Waals surface area contributed by atoms with Crippen molar-refractivity contribution in [1.82, 2.24) is 15.3 Å². The maximum Gasteiger partial charge on any atom is 0.319 e. The SMILES string of the molecule is COc1ccc(NC(=O)NC2COC3C(Nc4nccc(-c5ccc(OC)cc5)n4)COC23)cc1. The second-order valence-corrected chi connectivity index (χ2v) is 8.27. The average Bonchev–Trinajstić information content (AvgIpc) is 3.48. The molecule has 10 nitrogen and oxygen atoms in total. The van der Waals surface area contributed by atoms with Gasteiger partial charge in [-0.15, -0.1) is 0 Å². The number of rotatable bonds is 7. The molecule has 2 aliphatic rings. The molecule has 0 aliphatic carbocycles. The van der Waals surface area contributed by atoms with E-state index in [1.54, 1.807) is 44.7 Å². The highest BCUT2D eigenvalue weighted by Crippen LogP contribution is 2.29. The molecule has 5 rings (SSSR count). The molecule has 2 amide bonds. The Morgan fingerprint density at radius 1 is 0.886 bits per heavy atom. The number of fused-ring (bicyclic) bond motifs is 1. The average molecular weight is 478 g/mol. The Bertz CT molecular complexity index is 1160. The maximum atomic E-state index is 12.5. The third kappa shape index (κ3) is 5.13. The Hall–Kier alpha value is -3.89. The Balaban J connectivity index is 1.18. The van der Waals surface area contributed by atoms with Crippen molar-refractivity contribution in [3.8, 4) is 22.8 Å². The minimum absolute atomic E-state index is 0.137. The van der Waals surface area contributed by atoms with Crippen LogP contribution in [-0.2, 0) is 9.47 Å². The summed E-state index contributed by atoms with van der Waals surface area (Å²) >= 11 is 0. The third-order valence-electron chi connectivity index (χ3n) is 6.07. The van der Waals surface area contributed by atoms with Gasteiger partial charge in [0, 0.05) is 17.4 Å². The first kappa shape index (κ1) is 22.9. The zero-order valence-corrected chi connectivity index (χ0v) is 19.4. The first-order chi connectivity index (χ1) is 17.1. The van der Waals surface area contributed by atoms with Crippen molar-refractivity contribution < 1.29 is 23.7 Å². The second-order valence-electron chi connectivity index (χ2n) is 8.27.